The van der Waals surface area contributed by atoms with Crippen LogP contribution in [0, 0.1) is 17.2 Å². The Morgan fingerprint density at radius 3 is 2.55 bits per heavy atom. The lowest BCUT2D eigenvalue weighted by Crippen LogP contribution is -2.22. The molecule has 1 unspecified atom stereocenters. The highest BCUT2D eigenvalue weighted by molar-refractivity contribution is 6.10. The van der Waals surface area contributed by atoms with Crippen LogP contribution in [0.5, 0.6) is 0 Å². The van der Waals surface area contributed by atoms with E-state index in [2.05, 4.69) is 0 Å². The molecule has 0 aliphatic heterocycles. The summed E-state index contributed by atoms with van der Waals surface area (Å²) in [5.41, 5.74) is 0.786. The van der Waals surface area contributed by atoms with Crippen molar-refractivity contribution < 1.29 is 19.5 Å². The third-order valence-electron chi connectivity index (χ3n) is 3.34. The fourth-order valence-electron chi connectivity index (χ4n) is 2.04. The van der Waals surface area contributed by atoms with E-state index < -0.39 is 17.7 Å². The van der Waals surface area contributed by atoms with E-state index in [1.165, 1.54) is 19.1 Å². The number of carboxylic acids is 1. The number of hydrogen-bond acceptors (Lipinski definition) is 4. The molecule has 0 saturated carbocycles. The number of ketones is 2. The zero-order chi connectivity index (χ0) is 16.7. The third kappa shape index (κ3) is 4.38. The van der Waals surface area contributed by atoms with Crippen LogP contribution >= 0.6 is 0 Å². The highest BCUT2D eigenvalue weighted by Gasteiger charge is 2.24. The maximum absolute atomic E-state index is 12.4. The number of rotatable bonds is 7. The number of carboxylic acid groups (broad SMARTS) is 1. The molecule has 0 amide bonds. The number of hydrogen-bond donors (Lipinski definition) is 1. The Morgan fingerprint density at radius 2 is 2.05 bits per heavy atom. The molecule has 0 radical (unpaired) electrons. The van der Waals surface area contributed by atoms with E-state index >= 15 is 0 Å². The highest BCUT2D eigenvalue weighted by Crippen LogP contribution is 2.17. The van der Waals surface area contributed by atoms with Crippen molar-refractivity contribution in [2.45, 2.75) is 26.7 Å². The van der Waals surface area contributed by atoms with Gasteiger partial charge in [0.15, 0.2) is 5.78 Å². The number of aliphatic carboxylic acids is 1. The predicted molar refractivity (Wildman–Crippen MR) is 80.3 cm³/mol. The smallest absolute Gasteiger partial charge is 0.331 e. The molecule has 1 rings (SSSR count). The van der Waals surface area contributed by atoms with E-state index in [1.807, 2.05) is 6.07 Å². The van der Waals surface area contributed by atoms with Gasteiger partial charge in [0.1, 0.15) is 5.78 Å². The minimum absolute atomic E-state index is 0.0421. The molecule has 1 aromatic carbocycles. The topological polar surface area (TPSA) is 95.2 Å². The molecule has 0 spiro atoms. The van der Waals surface area contributed by atoms with Crippen LogP contribution in [0.2, 0.25) is 0 Å². The van der Waals surface area contributed by atoms with Gasteiger partial charge in [-0.15, -0.1) is 0 Å². The number of carbonyl (C=O) groups excluding carboxylic acids is 2. The van der Waals surface area contributed by atoms with E-state index in [9.17, 15) is 14.4 Å². The summed E-state index contributed by atoms with van der Waals surface area (Å²) < 4.78 is 0. The molecule has 22 heavy (non-hydrogen) atoms. The lowest BCUT2D eigenvalue weighted by atomic mass is 9.90. The van der Waals surface area contributed by atoms with Crippen LogP contribution in [0.15, 0.2) is 35.9 Å². The normalized spacial score (nSPS) is 12.3. The van der Waals surface area contributed by atoms with Gasteiger partial charge in [0.2, 0.25) is 0 Å². The molecule has 114 valence electrons. The first kappa shape index (κ1) is 17.3. The summed E-state index contributed by atoms with van der Waals surface area (Å²) in [6.45, 7) is 3.00. The average Bonchev–Trinajstić information content (AvgIpc) is 2.50. The number of nitriles is 1. The molecular formula is C17H17NO4. The predicted octanol–water partition coefficient (Wildman–Crippen LogP) is 2.76. The van der Waals surface area contributed by atoms with Crippen molar-refractivity contribution in [1.29, 1.82) is 5.26 Å². The lowest BCUT2D eigenvalue weighted by molar-refractivity contribution is -0.132. The van der Waals surface area contributed by atoms with Crippen LogP contribution in [-0.4, -0.2) is 22.6 Å². The zero-order valence-electron chi connectivity index (χ0n) is 12.5. The third-order valence-corrected chi connectivity index (χ3v) is 3.34. The van der Waals surface area contributed by atoms with Crippen molar-refractivity contribution >= 4 is 17.5 Å². The molecule has 1 N–H and O–H groups in total. The summed E-state index contributed by atoms with van der Waals surface area (Å²) >= 11 is 0. The van der Waals surface area contributed by atoms with Gasteiger partial charge >= 0.3 is 5.97 Å². The Labute approximate surface area is 128 Å². The van der Waals surface area contributed by atoms with Gasteiger partial charge in [-0.05, 0) is 31.9 Å². The van der Waals surface area contributed by atoms with Crippen molar-refractivity contribution in [3.05, 3.63) is 47.0 Å². The maximum atomic E-state index is 12.4. The number of allylic oxidation sites excluding steroid dienone is 1. The Balaban J connectivity index is 3.05. The molecule has 1 aromatic rings. The van der Waals surface area contributed by atoms with Crippen molar-refractivity contribution in [1.82, 2.24) is 0 Å². The van der Waals surface area contributed by atoms with Gasteiger partial charge in [0, 0.05) is 11.1 Å². The fourth-order valence-corrected chi connectivity index (χ4v) is 2.04. The van der Waals surface area contributed by atoms with Crippen LogP contribution in [0.25, 0.3) is 0 Å². The number of nitrogens with zero attached hydrogens (tertiary/aromatic N) is 1. The summed E-state index contributed by atoms with van der Waals surface area (Å²) in [4.78, 5) is 35.1. The summed E-state index contributed by atoms with van der Waals surface area (Å²) in [6, 6.07) is 8.06. The Kier molecular flexibility index (Phi) is 6.21. The molecule has 0 fully saturated rings. The molecule has 0 aliphatic carbocycles. The van der Waals surface area contributed by atoms with Gasteiger partial charge in [-0.1, -0.05) is 25.1 Å². The lowest BCUT2D eigenvalue weighted by Gasteiger charge is -2.11. The largest absolute Gasteiger partial charge is 0.478 e. The second-order valence-corrected chi connectivity index (χ2v) is 4.84. The summed E-state index contributed by atoms with van der Waals surface area (Å²) in [7, 11) is 0. The van der Waals surface area contributed by atoms with Crippen LogP contribution in [-0.2, 0) is 9.59 Å². The standard InChI is InChI=1S/C17H17NO4/c1-3-13(17(21)22)7-8-15(11(2)19)16(20)14-6-4-5-12(9-14)10-18/h4-7,9,15H,3,8H2,1-2H3,(H,21,22). The van der Waals surface area contributed by atoms with E-state index in [-0.39, 0.29) is 23.3 Å². The Hall–Kier alpha value is -2.74. The highest BCUT2D eigenvalue weighted by atomic mass is 16.4. The second kappa shape index (κ2) is 7.89. The van der Waals surface area contributed by atoms with E-state index in [0.29, 0.717) is 12.0 Å². The molecule has 0 bridgehead atoms. The van der Waals surface area contributed by atoms with Gasteiger partial charge in [0.25, 0.3) is 0 Å². The van der Waals surface area contributed by atoms with Crippen LogP contribution in [0.4, 0.5) is 0 Å². The first-order valence-electron chi connectivity index (χ1n) is 6.87. The average molecular weight is 299 g/mol. The van der Waals surface area contributed by atoms with Gasteiger partial charge in [-0.2, -0.15) is 5.26 Å². The minimum atomic E-state index is -1.05. The first-order chi connectivity index (χ1) is 10.4. The van der Waals surface area contributed by atoms with Crippen LogP contribution in [0.1, 0.15) is 42.6 Å². The molecule has 0 aromatic heterocycles. The van der Waals surface area contributed by atoms with Gasteiger partial charge < -0.3 is 5.11 Å². The number of Topliss-reactive ketones (excluding diaryl/α,β-unsaturated/α-hetero) is 2. The van der Waals surface area contributed by atoms with Crippen molar-refractivity contribution in [3.63, 3.8) is 0 Å². The molecule has 0 saturated heterocycles. The summed E-state index contributed by atoms with van der Waals surface area (Å²) in [5, 5.41) is 17.8. The quantitative estimate of drug-likeness (QED) is 0.474. The molecule has 5 nitrogen and oxygen atoms in total. The summed E-state index contributed by atoms with van der Waals surface area (Å²) in [6.07, 6.45) is 1.78. The van der Waals surface area contributed by atoms with Crippen LogP contribution in [0.3, 0.4) is 0 Å². The van der Waals surface area contributed by atoms with Crippen molar-refractivity contribution in [2.75, 3.05) is 0 Å². The van der Waals surface area contributed by atoms with Gasteiger partial charge in [0.05, 0.1) is 17.6 Å². The summed E-state index contributed by atoms with van der Waals surface area (Å²) in [5.74, 6) is -2.72. The number of carbonyl (C=O) groups is 3. The first-order valence-corrected chi connectivity index (χ1v) is 6.87. The van der Waals surface area contributed by atoms with E-state index in [0.717, 1.165) is 0 Å². The molecule has 0 aliphatic rings. The molecular weight excluding hydrogens is 282 g/mol. The van der Waals surface area contributed by atoms with Crippen molar-refractivity contribution in [2.24, 2.45) is 5.92 Å². The maximum Gasteiger partial charge on any atom is 0.331 e. The van der Waals surface area contributed by atoms with Gasteiger partial charge in [-0.3, -0.25) is 9.59 Å². The molecule has 1 atom stereocenters. The monoisotopic (exact) mass is 299 g/mol. The van der Waals surface area contributed by atoms with Crippen LogP contribution < -0.4 is 0 Å². The molecule has 0 heterocycles. The van der Waals surface area contributed by atoms with E-state index in [4.69, 9.17) is 10.4 Å². The molecule has 5 heteroatoms. The Morgan fingerprint density at radius 1 is 1.36 bits per heavy atom. The van der Waals surface area contributed by atoms with E-state index in [1.54, 1.807) is 25.1 Å². The van der Waals surface area contributed by atoms with Gasteiger partial charge in [-0.25, -0.2) is 4.79 Å². The fraction of sp³-hybridized carbons (Fsp3) is 0.294. The SMILES string of the molecule is CCC(=CCC(C(C)=O)C(=O)c1cccc(C#N)c1)C(=O)O. The van der Waals surface area contributed by atoms with Crippen molar-refractivity contribution in [3.8, 4) is 6.07 Å². The second-order valence-electron chi connectivity index (χ2n) is 4.84. The Bertz CT molecular complexity index is 667. The zero-order valence-corrected chi connectivity index (χ0v) is 12.5. The minimum Gasteiger partial charge on any atom is -0.478 e. The number of benzene rings is 1.